The number of nitrogens with zero attached hydrogens (tertiary/aromatic N) is 5. The van der Waals surface area contributed by atoms with E-state index in [2.05, 4.69) is 63.6 Å². The summed E-state index contributed by atoms with van der Waals surface area (Å²) in [6.45, 7) is 32.3. The van der Waals surface area contributed by atoms with Crippen molar-refractivity contribution in [2.45, 2.75) is 176 Å². The van der Waals surface area contributed by atoms with Gasteiger partial charge in [-0.25, -0.2) is 8.42 Å². The van der Waals surface area contributed by atoms with Crippen molar-refractivity contribution in [3.8, 4) is 23.0 Å². The first-order valence-electron chi connectivity index (χ1n) is 32.8. The molecule has 5 heterocycles. The molecule has 0 aromatic heterocycles. The number of ether oxygens (including phenoxy) is 5. The summed E-state index contributed by atoms with van der Waals surface area (Å²) < 4.78 is 52.6. The number of benzene rings is 4. The first-order valence-corrected chi connectivity index (χ1v) is 35.7. The second kappa shape index (κ2) is 31.6. The number of rotatable bonds is 21. The summed E-state index contributed by atoms with van der Waals surface area (Å²) in [5, 5.41) is 4.54. The summed E-state index contributed by atoms with van der Waals surface area (Å²) in [6, 6.07) is 12.1. The fraction of sp³-hybridized carbons (Fsp3) is 0.592. The molecule has 0 bridgehead atoms. The van der Waals surface area contributed by atoms with Crippen molar-refractivity contribution in [2.75, 3.05) is 108 Å². The van der Waals surface area contributed by atoms with Gasteiger partial charge in [-0.3, -0.25) is 28.9 Å². The highest BCUT2D eigenvalue weighted by molar-refractivity contribution is 7.90. The van der Waals surface area contributed by atoms with Gasteiger partial charge in [0.05, 0.1) is 88.1 Å². The van der Waals surface area contributed by atoms with Crippen molar-refractivity contribution >= 4 is 79.5 Å². The number of likely N-dealkylation sites (tertiary alicyclic amines) is 2. The largest absolute Gasteiger partial charge is 0.493 e. The van der Waals surface area contributed by atoms with Crippen molar-refractivity contribution in [1.29, 1.82) is 0 Å². The number of hydrogen-bond donors (Lipinski definition) is 2. The van der Waals surface area contributed by atoms with Gasteiger partial charge in [0.15, 0.2) is 17.3 Å². The van der Waals surface area contributed by atoms with Crippen LogP contribution in [0.5, 0.6) is 23.0 Å². The molecule has 4 aromatic carbocycles. The predicted octanol–water partition coefficient (Wildman–Crippen LogP) is 12.8. The number of nitrogens with one attached hydrogen (secondary N) is 1. The standard InChI is InChI=1S/C26H32N2O7S.C23H35ClN2O3.C22H34ClN3O2/c1-8-35-22-14-17(12-13-21(22)34-6)20(15-36(7,32)33)27-24(30)18-10-9-11-19(23(18)25(27)31)28(16(2)29)26(3,4)5;1-23(2,3)25-21-17-8-13-29-22(17)18(15-19(21)24)20(27)14-16-6-10-26(11-7-16)9-5-12-28-4;1-5-6-10-25-11-7-15(8-12-25)26(22(2,3)4)21(27)17-14-18(23)19(24)16-9-13-28-20(16)17/h9-14,20H,8,15H2,1-7H3;15-16,25H,5-14H2,1-4H3;14-15H,5-13,24H2,1-4H3/t20-;;/m1../s1. The molecule has 2 fully saturated rings. The quantitative estimate of drug-likeness (QED) is 0.0343. The van der Waals surface area contributed by atoms with E-state index in [0.717, 1.165) is 118 Å². The highest BCUT2D eigenvalue weighted by atomic mass is 35.5. The van der Waals surface area contributed by atoms with Crippen LogP contribution in [-0.2, 0) is 32.2 Å². The first kappa shape index (κ1) is 74.2. The van der Waals surface area contributed by atoms with Crippen molar-refractivity contribution in [2.24, 2.45) is 5.92 Å². The van der Waals surface area contributed by atoms with Crippen LogP contribution in [0.2, 0.25) is 10.0 Å². The monoisotopic (exact) mass is 1350 g/mol. The van der Waals surface area contributed by atoms with Crippen LogP contribution in [0.25, 0.3) is 0 Å². The average Bonchev–Trinajstić information content (AvgIpc) is 1.64. The highest BCUT2D eigenvalue weighted by Gasteiger charge is 2.46. The molecule has 22 heteroatoms. The molecule has 0 unspecified atom stereocenters. The Labute approximate surface area is 562 Å². The van der Waals surface area contributed by atoms with Gasteiger partial charge in [-0.1, -0.05) is 48.7 Å². The number of halogens is 2. The molecule has 3 N–H and O–H groups in total. The van der Waals surface area contributed by atoms with E-state index in [1.54, 1.807) is 50.4 Å². The molecule has 512 valence electrons. The summed E-state index contributed by atoms with van der Waals surface area (Å²) >= 11 is 13.0. The number of carbonyl (C=O) groups is 5. The van der Waals surface area contributed by atoms with Gasteiger partial charge in [-0.2, -0.15) is 0 Å². The van der Waals surface area contributed by atoms with E-state index >= 15 is 0 Å². The minimum absolute atomic E-state index is 0.000409. The molecule has 2 saturated heterocycles. The number of piperidine rings is 2. The number of Topliss-reactive ketones (excluding diaryl/α,β-unsaturated/α-hetero) is 1. The Morgan fingerprint density at radius 2 is 1.38 bits per heavy atom. The number of imide groups is 1. The zero-order valence-electron chi connectivity index (χ0n) is 57.6. The highest BCUT2D eigenvalue weighted by Crippen LogP contribution is 2.45. The van der Waals surface area contributed by atoms with Gasteiger partial charge in [0.25, 0.3) is 17.7 Å². The molecule has 1 atom stereocenters. The molecule has 4 amide bonds. The number of unbranched alkanes of at least 4 members (excludes halogenated alkanes) is 1. The van der Waals surface area contributed by atoms with E-state index in [1.807, 2.05) is 31.7 Å². The lowest BCUT2D eigenvalue weighted by atomic mass is 9.89. The number of fused-ring (bicyclic) bond motifs is 3. The number of methoxy groups -OCH3 is 2. The Kier molecular flexibility index (Phi) is 25.2. The van der Waals surface area contributed by atoms with Crippen LogP contribution >= 0.6 is 23.2 Å². The third kappa shape index (κ3) is 18.5. The Hall–Kier alpha value is -6.16. The molecule has 5 aliphatic rings. The smallest absolute Gasteiger partial charge is 0.264 e. The molecule has 4 aromatic rings. The van der Waals surface area contributed by atoms with E-state index in [1.165, 1.54) is 37.8 Å². The van der Waals surface area contributed by atoms with Crippen molar-refractivity contribution in [3.63, 3.8) is 0 Å². The van der Waals surface area contributed by atoms with E-state index < -0.39 is 39.0 Å². The molecule has 0 saturated carbocycles. The van der Waals surface area contributed by atoms with Crippen LogP contribution in [0.4, 0.5) is 17.1 Å². The van der Waals surface area contributed by atoms with Crippen molar-refractivity contribution in [1.82, 2.24) is 19.6 Å². The number of sulfone groups is 1. The number of carbonyl (C=O) groups excluding carboxylic acids is 5. The average molecular weight is 1350 g/mol. The van der Waals surface area contributed by atoms with E-state index in [9.17, 15) is 32.4 Å². The molecule has 5 aliphatic heterocycles. The predicted molar refractivity (Wildman–Crippen MR) is 370 cm³/mol. The molecule has 0 aliphatic carbocycles. The fourth-order valence-electron chi connectivity index (χ4n) is 13.3. The van der Waals surface area contributed by atoms with Crippen LogP contribution in [0.3, 0.4) is 0 Å². The number of nitrogens with two attached hydrogens (primary N) is 1. The number of ketones is 1. The molecular weight excluding hydrogens is 1250 g/mol. The van der Waals surface area contributed by atoms with E-state index in [-0.39, 0.29) is 45.8 Å². The summed E-state index contributed by atoms with van der Waals surface area (Å²) in [6.07, 6.45) is 10.8. The van der Waals surface area contributed by atoms with Crippen molar-refractivity contribution in [3.05, 3.63) is 97.5 Å². The van der Waals surface area contributed by atoms with Gasteiger partial charge in [0.2, 0.25) is 5.91 Å². The number of amides is 4. The van der Waals surface area contributed by atoms with Gasteiger partial charge in [0.1, 0.15) is 21.3 Å². The minimum Gasteiger partial charge on any atom is -0.493 e. The van der Waals surface area contributed by atoms with Crippen LogP contribution < -0.4 is 34.9 Å². The molecule has 9 rings (SSSR count). The third-order valence-corrected chi connectivity index (χ3v) is 19.0. The maximum atomic E-state index is 13.8. The summed E-state index contributed by atoms with van der Waals surface area (Å²) in [5.41, 5.74) is 10.5. The summed E-state index contributed by atoms with van der Waals surface area (Å²) in [4.78, 5) is 76.3. The number of anilines is 3. The zero-order valence-corrected chi connectivity index (χ0v) is 59.9. The Bertz CT molecular complexity index is 3450. The number of nitrogen functional groups attached to an aromatic ring is 1. The minimum atomic E-state index is -3.63. The van der Waals surface area contributed by atoms with Crippen LogP contribution in [0, 0.1) is 5.92 Å². The molecule has 19 nitrogen and oxygen atoms in total. The SMILES string of the molecule is CCCCN1CCC(N(C(=O)c2cc(Cl)c(N)c3c2OCC3)C(C)(C)C)CC1.CCOc1cc([C@@H](CS(C)(=O)=O)N2C(=O)c3cccc(N(C(C)=O)C(C)(C)C)c3C2=O)ccc1OC.COCCCN1CCC(CC(=O)c2cc(Cl)c(NC(C)(C)C)c3c2OCC3)CC1. The number of hydrogen-bond acceptors (Lipinski definition) is 16. The second-order valence-electron chi connectivity index (χ2n) is 28.0. The lowest BCUT2D eigenvalue weighted by molar-refractivity contribution is -0.117. The third-order valence-electron chi connectivity index (χ3n) is 17.4. The van der Waals surface area contributed by atoms with Gasteiger partial charge in [0, 0.05) is 99.6 Å². The van der Waals surface area contributed by atoms with Gasteiger partial charge >= 0.3 is 0 Å². The normalized spacial score (nSPS) is 16.6. The van der Waals surface area contributed by atoms with E-state index in [4.69, 9.17) is 52.6 Å². The molecule has 0 spiro atoms. The Morgan fingerprint density at radius 1 is 0.774 bits per heavy atom. The Balaban J connectivity index is 0.000000200. The maximum Gasteiger partial charge on any atom is 0.264 e. The van der Waals surface area contributed by atoms with Gasteiger partial charge < -0.3 is 54.3 Å². The first-order chi connectivity index (χ1) is 43.7. The topological polar surface area (TPSA) is 220 Å². The maximum absolute atomic E-state index is 13.8. The van der Waals surface area contributed by atoms with E-state index in [0.29, 0.717) is 93.9 Å². The lowest BCUT2D eigenvalue weighted by Gasteiger charge is -2.45. The molecular formula is C71H101Cl2N7O12S. The molecule has 0 radical (unpaired) electrons. The van der Waals surface area contributed by atoms with Gasteiger partial charge in [-0.15, -0.1) is 0 Å². The van der Waals surface area contributed by atoms with Crippen molar-refractivity contribution < 1.29 is 56.1 Å². The zero-order chi connectivity index (χ0) is 68.5. The van der Waals surface area contributed by atoms with Crippen LogP contribution in [0.15, 0.2) is 48.5 Å². The fourth-order valence-corrected chi connectivity index (χ4v) is 14.7. The second-order valence-corrected chi connectivity index (χ2v) is 31.0. The lowest BCUT2D eigenvalue weighted by Crippen LogP contribution is -2.55. The van der Waals surface area contributed by atoms with Crippen LogP contribution in [0.1, 0.15) is 199 Å². The molecule has 93 heavy (non-hydrogen) atoms. The summed E-state index contributed by atoms with van der Waals surface area (Å²) in [7, 11) is -0.404. The Morgan fingerprint density at radius 3 is 1.94 bits per heavy atom. The summed E-state index contributed by atoms with van der Waals surface area (Å²) in [5.74, 6) is 0.689. The van der Waals surface area contributed by atoms with Crippen LogP contribution in [-0.4, -0.2) is 172 Å². The van der Waals surface area contributed by atoms with Gasteiger partial charge in [-0.05, 0) is 175 Å².